The highest BCUT2D eigenvalue weighted by molar-refractivity contribution is 5.71. The van der Waals surface area contributed by atoms with Gasteiger partial charge in [-0.2, -0.15) is 0 Å². The van der Waals surface area contributed by atoms with Crippen molar-refractivity contribution in [3.8, 4) is 0 Å². The van der Waals surface area contributed by atoms with Crippen LogP contribution in [-0.4, -0.2) is 24.7 Å². The Hall–Kier alpha value is -3.16. The van der Waals surface area contributed by atoms with E-state index >= 15 is 0 Å². The highest BCUT2D eigenvalue weighted by Gasteiger charge is 2.15. The SMILES string of the molecule is CCCCC/C=C\C/C=C\C/C=C\CCCCC(=O)OCn1cnc2c1c(=O)n(C)c(=O)n2C. The molecule has 0 bridgehead atoms. The van der Waals surface area contributed by atoms with E-state index < -0.39 is 11.2 Å². The van der Waals surface area contributed by atoms with E-state index in [1.54, 1.807) is 7.05 Å². The molecule has 0 amide bonds. The van der Waals surface area contributed by atoms with Crippen molar-refractivity contribution in [1.29, 1.82) is 0 Å². The van der Waals surface area contributed by atoms with Crippen LogP contribution < -0.4 is 11.2 Å². The van der Waals surface area contributed by atoms with Gasteiger partial charge in [-0.1, -0.05) is 56.2 Å². The number of carbonyl (C=O) groups is 1. The van der Waals surface area contributed by atoms with Crippen LogP contribution in [0.4, 0.5) is 0 Å². The van der Waals surface area contributed by atoms with E-state index in [-0.39, 0.29) is 23.9 Å². The smallest absolute Gasteiger partial charge is 0.332 e. The van der Waals surface area contributed by atoms with Crippen LogP contribution >= 0.6 is 0 Å². The lowest BCUT2D eigenvalue weighted by atomic mass is 10.1. The fourth-order valence-electron chi connectivity index (χ4n) is 3.53. The third-order valence-corrected chi connectivity index (χ3v) is 5.60. The molecule has 0 N–H and O–H groups in total. The number of allylic oxidation sites excluding steroid dienone is 6. The van der Waals surface area contributed by atoms with E-state index in [0.29, 0.717) is 6.42 Å². The second-order valence-electron chi connectivity index (χ2n) is 8.36. The number of fused-ring (bicyclic) bond motifs is 1. The molecule has 0 saturated carbocycles. The molecule has 0 radical (unpaired) electrons. The van der Waals surface area contributed by atoms with Gasteiger partial charge in [-0.05, 0) is 44.9 Å². The van der Waals surface area contributed by atoms with Gasteiger partial charge in [0.1, 0.15) is 6.33 Å². The van der Waals surface area contributed by atoms with Gasteiger partial charge in [-0.15, -0.1) is 0 Å². The van der Waals surface area contributed by atoms with Crippen LogP contribution in [0.3, 0.4) is 0 Å². The predicted octanol–water partition coefficient (Wildman–Crippen LogP) is 4.52. The van der Waals surface area contributed by atoms with Crippen LogP contribution in [0, 0.1) is 0 Å². The first kappa shape index (κ1) is 27.1. The van der Waals surface area contributed by atoms with Crippen LogP contribution in [0.1, 0.15) is 71.1 Å². The van der Waals surface area contributed by atoms with Crippen LogP contribution in [0.15, 0.2) is 52.4 Å². The molecule has 0 aliphatic rings. The summed E-state index contributed by atoms with van der Waals surface area (Å²) in [5.74, 6) is -0.321. The average molecular weight is 471 g/mol. The maximum atomic E-state index is 12.4. The van der Waals surface area contributed by atoms with E-state index in [4.69, 9.17) is 4.74 Å². The molecule has 186 valence electrons. The lowest BCUT2D eigenvalue weighted by Crippen LogP contribution is -2.37. The molecular formula is C26H38N4O4. The van der Waals surface area contributed by atoms with E-state index in [1.165, 1.54) is 48.2 Å². The quantitative estimate of drug-likeness (QED) is 0.217. The lowest BCUT2D eigenvalue weighted by Gasteiger charge is -2.07. The fraction of sp³-hybridized carbons (Fsp3) is 0.538. The minimum absolute atomic E-state index is 0.108. The molecule has 2 heterocycles. The van der Waals surface area contributed by atoms with Crippen molar-refractivity contribution in [2.45, 2.75) is 77.9 Å². The third kappa shape index (κ3) is 8.32. The molecule has 0 atom stereocenters. The Labute approximate surface area is 201 Å². The van der Waals surface area contributed by atoms with Crippen LogP contribution in [0.2, 0.25) is 0 Å². The molecule has 0 aliphatic heterocycles. The van der Waals surface area contributed by atoms with Crippen molar-refractivity contribution in [1.82, 2.24) is 18.7 Å². The number of nitrogens with zero attached hydrogens (tertiary/aromatic N) is 4. The van der Waals surface area contributed by atoms with Gasteiger partial charge in [0, 0.05) is 20.5 Å². The Morgan fingerprint density at radius 3 is 2.18 bits per heavy atom. The van der Waals surface area contributed by atoms with Crippen molar-refractivity contribution in [3.63, 3.8) is 0 Å². The Morgan fingerprint density at radius 2 is 1.53 bits per heavy atom. The summed E-state index contributed by atoms with van der Waals surface area (Å²) in [4.78, 5) is 40.5. The van der Waals surface area contributed by atoms with E-state index in [1.807, 2.05) is 0 Å². The normalized spacial score (nSPS) is 12.1. The van der Waals surface area contributed by atoms with Crippen molar-refractivity contribution in [3.05, 3.63) is 63.6 Å². The molecule has 0 unspecified atom stereocenters. The van der Waals surface area contributed by atoms with Gasteiger partial charge in [-0.3, -0.25) is 23.3 Å². The number of hydrogen-bond acceptors (Lipinski definition) is 5. The van der Waals surface area contributed by atoms with Gasteiger partial charge in [0.2, 0.25) is 0 Å². The standard InChI is InChI=1S/C26H38N4O4/c1-4-5-6-7-8-9-10-11-12-13-14-15-16-17-18-19-22(31)34-21-30-20-27-24-23(30)25(32)29(3)26(33)28(24)2/h8-9,11-12,14-15,20H,4-7,10,13,16-19,21H2,1-3H3/b9-8-,12-11-,15-14-. The molecule has 2 aromatic heterocycles. The zero-order valence-electron chi connectivity index (χ0n) is 20.7. The number of unbranched alkanes of at least 4 members (excludes halogenated alkanes) is 5. The molecule has 0 aliphatic carbocycles. The Kier molecular flexibility index (Phi) is 11.9. The molecule has 8 heteroatoms. The number of aryl methyl sites for hydroxylation is 1. The Morgan fingerprint density at radius 1 is 0.912 bits per heavy atom. The predicted molar refractivity (Wildman–Crippen MR) is 136 cm³/mol. The molecule has 2 rings (SSSR count). The molecule has 0 aromatic carbocycles. The zero-order valence-corrected chi connectivity index (χ0v) is 20.7. The summed E-state index contributed by atoms with van der Waals surface area (Å²) in [5.41, 5.74) is -0.411. The fourth-order valence-corrected chi connectivity index (χ4v) is 3.53. The first-order valence-corrected chi connectivity index (χ1v) is 12.2. The molecule has 0 saturated heterocycles. The van der Waals surface area contributed by atoms with Gasteiger partial charge in [0.05, 0.1) is 0 Å². The van der Waals surface area contributed by atoms with Crippen molar-refractivity contribution >= 4 is 17.1 Å². The highest BCUT2D eigenvalue weighted by atomic mass is 16.5. The number of rotatable bonds is 15. The minimum atomic E-state index is -0.466. The van der Waals surface area contributed by atoms with Crippen molar-refractivity contribution in [2.24, 2.45) is 14.1 Å². The zero-order chi connectivity index (χ0) is 24.8. The molecule has 2 aromatic rings. The number of esters is 1. The summed E-state index contributed by atoms with van der Waals surface area (Å²) < 4.78 is 9.06. The van der Waals surface area contributed by atoms with Gasteiger partial charge < -0.3 is 4.74 Å². The van der Waals surface area contributed by atoms with Crippen LogP contribution in [0.5, 0.6) is 0 Å². The summed E-state index contributed by atoms with van der Waals surface area (Å²) in [5, 5.41) is 0. The van der Waals surface area contributed by atoms with E-state index in [2.05, 4.69) is 48.4 Å². The minimum Gasteiger partial charge on any atom is -0.444 e. The number of hydrogen-bond donors (Lipinski definition) is 0. The van der Waals surface area contributed by atoms with Crippen molar-refractivity contribution < 1.29 is 9.53 Å². The van der Waals surface area contributed by atoms with Gasteiger partial charge in [0.25, 0.3) is 5.56 Å². The third-order valence-electron chi connectivity index (χ3n) is 5.60. The maximum absolute atomic E-state index is 12.4. The number of aromatic nitrogens is 4. The largest absolute Gasteiger partial charge is 0.444 e. The molecule has 34 heavy (non-hydrogen) atoms. The summed E-state index contributed by atoms with van der Waals surface area (Å²) >= 11 is 0. The number of imidazole rings is 1. The van der Waals surface area contributed by atoms with Crippen LogP contribution in [-0.2, 0) is 30.4 Å². The van der Waals surface area contributed by atoms with Gasteiger partial charge in [0.15, 0.2) is 17.9 Å². The van der Waals surface area contributed by atoms with E-state index in [9.17, 15) is 14.4 Å². The first-order chi connectivity index (χ1) is 16.5. The monoisotopic (exact) mass is 470 g/mol. The Bertz CT molecular complexity index is 1120. The van der Waals surface area contributed by atoms with Crippen LogP contribution in [0.25, 0.3) is 11.2 Å². The van der Waals surface area contributed by atoms with Crippen molar-refractivity contribution in [2.75, 3.05) is 0 Å². The first-order valence-electron chi connectivity index (χ1n) is 12.2. The summed E-state index contributed by atoms with van der Waals surface area (Å²) in [6, 6.07) is 0. The summed E-state index contributed by atoms with van der Waals surface area (Å²) in [7, 11) is 2.96. The molecule has 0 fully saturated rings. The molecular weight excluding hydrogens is 432 g/mol. The topological polar surface area (TPSA) is 88.1 Å². The second-order valence-corrected chi connectivity index (χ2v) is 8.36. The lowest BCUT2D eigenvalue weighted by molar-refractivity contribution is -0.147. The number of ether oxygens (including phenoxy) is 1. The summed E-state index contributed by atoms with van der Waals surface area (Å²) in [6.07, 6.45) is 24.4. The summed E-state index contributed by atoms with van der Waals surface area (Å²) in [6.45, 7) is 2.11. The molecule has 8 nitrogen and oxygen atoms in total. The van der Waals surface area contributed by atoms with E-state index in [0.717, 1.165) is 36.7 Å². The van der Waals surface area contributed by atoms with Gasteiger partial charge >= 0.3 is 11.7 Å². The Balaban J connectivity index is 1.61. The second kappa shape index (κ2) is 14.9. The average Bonchev–Trinajstić information content (AvgIpc) is 3.26. The van der Waals surface area contributed by atoms with Gasteiger partial charge in [-0.25, -0.2) is 9.78 Å². The highest BCUT2D eigenvalue weighted by Crippen LogP contribution is 2.08. The molecule has 0 spiro atoms. The number of carbonyl (C=O) groups excluding carboxylic acids is 1. The maximum Gasteiger partial charge on any atom is 0.332 e.